The molecular weight excluding hydrogens is 318 g/mol. The van der Waals surface area contributed by atoms with E-state index in [9.17, 15) is 0 Å². The average molecular weight is 336 g/mol. The maximum Gasteiger partial charge on any atom is 0.162 e. The van der Waals surface area contributed by atoms with Crippen LogP contribution < -0.4 is 5.73 Å². The third kappa shape index (κ3) is 2.83. The second kappa shape index (κ2) is 5.89. The zero-order chi connectivity index (χ0) is 14.9. The summed E-state index contributed by atoms with van der Waals surface area (Å²) in [6, 6.07) is 4.24. The highest BCUT2D eigenvalue weighted by Crippen LogP contribution is 2.28. The Kier molecular flexibility index (Phi) is 4.40. The third-order valence-electron chi connectivity index (χ3n) is 3.31. The molecule has 2 aromatic rings. The minimum absolute atomic E-state index is 0.393. The molecule has 0 atom stereocenters. The molecule has 0 aliphatic rings. The number of nitrogens with zero attached hydrogens (tertiary/aromatic N) is 2. The Labute approximate surface area is 127 Å². The van der Waals surface area contributed by atoms with Crippen molar-refractivity contribution in [2.24, 2.45) is 0 Å². The molecule has 20 heavy (non-hydrogen) atoms. The van der Waals surface area contributed by atoms with Crippen LogP contribution in [-0.2, 0) is 11.3 Å². The number of nitrogen functional groups attached to an aromatic ring is 1. The lowest BCUT2D eigenvalue weighted by atomic mass is 10.0. The lowest BCUT2D eigenvalue weighted by Crippen LogP contribution is -2.04. The van der Waals surface area contributed by atoms with E-state index in [1.165, 1.54) is 11.1 Å². The smallest absolute Gasteiger partial charge is 0.162 e. The van der Waals surface area contributed by atoms with Crippen LogP contribution in [0.5, 0.6) is 0 Å². The molecule has 2 N–H and O–H groups in total. The summed E-state index contributed by atoms with van der Waals surface area (Å²) in [7, 11) is 1.63. The van der Waals surface area contributed by atoms with E-state index in [4.69, 9.17) is 10.5 Å². The minimum Gasteiger partial charge on any atom is -0.383 e. The molecule has 0 fully saturated rings. The molecule has 0 saturated heterocycles. The summed E-state index contributed by atoms with van der Waals surface area (Å²) in [6.07, 6.45) is 0. The first-order chi connectivity index (χ1) is 9.43. The fourth-order valence-electron chi connectivity index (χ4n) is 2.07. The standard InChI is InChI=1S/C15H18BrN3O/c1-8-5-10(3)11(6-9(8)2)15-18-12(7-20-4)13(16)14(17)19-15/h5-6H,7H2,1-4H3,(H2,17,18,19). The molecule has 106 valence electrons. The number of nitrogens with two attached hydrogens (primary N) is 1. The van der Waals surface area contributed by atoms with Crippen LogP contribution in [0.15, 0.2) is 16.6 Å². The van der Waals surface area contributed by atoms with Crippen molar-refractivity contribution in [1.82, 2.24) is 9.97 Å². The van der Waals surface area contributed by atoms with Gasteiger partial charge in [0.25, 0.3) is 0 Å². The van der Waals surface area contributed by atoms with Crippen molar-refractivity contribution in [2.45, 2.75) is 27.4 Å². The van der Waals surface area contributed by atoms with E-state index in [0.29, 0.717) is 22.7 Å². The normalized spacial score (nSPS) is 10.8. The summed E-state index contributed by atoms with van der Waals surface area (Å²) in [5, 5.41) is 0. The molecule has 0 aliphatic heterocycles. The first-order valence-corrected chi connectivity index (χ1v) is 7.12. The van der Waals surface area contributed by atoms with E-state index in [1.807, 2.05) is 0 Å². The van der Waals surface area contributed by atoms with Gasteiger partial charge in [-0.3, -0.25) is 0 Å². The molecule has 0 radical (unpaired) electrons. The molecule has 0 unspecified atom stereocenters. The first-order valence-electron chi connectivity index (χ1n) is 6.33. The van der Waals surface area contributed by atoms with Crippen molar-refractivity contribution in [3.63, 3.8) is 0 Å². The number of hydrogen-bond donors (Lipinski definition) is 1. The Balaban J connectivity index is 2.61. The van der Waals surface area contributed by atoms with Gasteiger partial charge < -0.3 is 10.5 Å². The molecule has 0 bridgehead atoms. The SMILES string of the molecule is COCc1nc(-c2cc(C)c(C)cc2C)nc(N)c1Br. The molecule has 0 saturated carbocycles. The van der Waals surface area contributed by atoms with E-state index in [-0.39, 0.29) is 0 Å². The van der Waals surface area contributed by atoms with Crippen molar-refractivity contribution < 1.29 is 4.74 Å². The second-order valence-corrected chi connectivity index (χ2v) is 5.67. The predicted molar refractivity (Wildman–Crippen MR) is 84.5 cm³/mol. The summed E-state index contributed by atoms with van der Waals surface area (Å²) >= 11 is 3.40. The Bertz CT molecular complexity index is 656. The van der Waals surface area contributed by atoms with Gasteiger partial charge in [-0.15, -0.1) is 0 Å². The van der Waals surface area contributed by atoms with Gasteiger partial charge in [0.2, 0.25) is 0 Å². The molecule has 0 spiro atoms. The van der Waals surface area contributed by atoms with Crippen LogP contribution >= 0.6 is 15.9 Å². The van der Waals surface area contributed by atoms with Crippen LogP contribution in [0.1, 0.15) is 22.4 Å². The molecular formula is C15H18BrN3O. The minimum atomic E-state index is 0.393. The Morgan fingerprint density at radius 2 is 1.75 bits per heavy atom. The zero-order valence-electron chi connectivity index (χ0n) is 12.1. The highest BCUT2D eigenvalue weighted by atomic mass is 79.9. The van der Waals surface area contributed by atoms with Gasteiger partial charge >= 0.3 is 0 Å². The third-order valence-corrected chi connectivity index (χ3v) is 4.17. The second-order valence-electron chi connectivity index (χ2n) is 4.88. The summed E-state index contributed by atoms with van der Waals surface area (Å²) in [6.45, 7) is 6.62. The largest absolute Gasteiger partial charge is 0.383 e. The Hall–Kier alpha value is -1.46. The molecule has 1 heterocycles. The molecule has 1 aromatic carbocycles. The van der Waals surface area contributed by atoms with Gasteiger partial charge in [-0.2, -0.15) is 0 Å². The monoisotopic (exact) mass is 335 g/mol. The lowest BCUT2D eigenvalue weighted by Gasteiger charge is -2.12. The molecule has 4 nitrogen and oxygen atoms in total. The number of aromatic nitrogens is 2. The molecule has 1 aromatic heterocycles. The maximum absolute atomic E-state index is 5.95. The maximum atomic E-state index is 5.95. The van der Waals surface area contributed by atoms with E-state index in [0.717, 1.165) is 16.8 Å². The number of rotatable bonds is 3. The number of halogens is 1. The van der Waals surface area contributed by atoms with Gasteiger partial charge in [0, 0.05) is 12.7 Å². The predicted octanol–water partition coefficient (Wildman–Crippen LogP) is 3.56. The number of aryl methyl sites for hydroxylation is 3. The van der Waals surface area contributed by atoms with Crippen molar-refractivity contribution in [3.8, 4) is 11.4 Å². The zero-order valence-corrected chi connectivity index (χ0v) is 13.7. The first kappa shape index (κ1) is 14.9. The van der Waals surface area contributed by atoms with E-state index < -0.39 is 0 Å². The van der Waals surface area contributed by atoms with Crippen molar-refractivity contribution in [2.75, 3.05) is 12.8 Å². The van der Waals surface area contributed by atoms with Crippen molar-refractivity contribution >= 4 is 21.7 Å². The lowest BCUT2D eigenvalue weighted by molar-refractivity contribution is 0.181. The molecule has 0 amide bonds. The Morgan fingerprint density at radius 3 is 2.40 bits per heavy atom. The van der Waals surface area contributed by atoms with Gasteiger partial charge in [-0.25, -0.2) is 9.97 Å². The van der Waals surface area contributed by atoms with E-state index in [2.05, 4.69) is 58.8 Å². The van der Waals surface area contributed by atoms with Gasteiger partial charge in [0.05, 0.1) is 16.8 Å². The fourth-order valence-corrected chi connectivity index (χ4v) is 2.36. The van der Waals surface area contributed by atoms with Gasteiger partial charge in [-0.1, -0.05) is 6.07 Å². The Morgan fingerprint density at radius 1 is 1.10 bits per heavy atom. The highest BCUT2D eigenvalue weighted by Gasteiger charge is 2.13. The van der Waals surface area contributed by atoms with Crippen LogP contribution in [0.4, 0.5) is 5.82 Å². The van der Waals surface area contributed by atoms with Crippen LogP contribution in [0.3, 0.4) is 0 Å². The molecule has 0 aliphatic carbocycles. The number of methoxy groups -OCH3 is 1. The topological polar surface area (TPSA) is 61.0 Å². The number of benzene rings is 1. The summed E-state index contributed by atoms with van der Waals surface area (Å²) in [4.78, 5) is 8.94. The van der Waals surface area contributed by atoms with E-state index >= 15 is 0 Å². The highest BCUT2D eigenvalue weighted by molar-refractivity contribution is 9.10. The van der Waals surface area contributed by atoms with Crippen LogP contribution in [-0.4, -0.2) is 17.1 Å². The summed E-state index contributed by atoms with van der Waals surface area (Å²) in [5.41, 5.74) is 11.3. The quantitative estimate of drug-likeness (QED) is 0.931. The van der Waals surface area contributed by atoms with Gasteiger partial charge in [0.15, 0.2) is 5.82 Å². The van der Waals surface area contributed by atoms with Crippen molar-refractivity contribution in [1.29, 1.82) is 0 Å². The molecule has 2 rings (SSSR count). The average Bonchev–Trinajstić information content (AvgIpc) is 2.39. The van der Waals surface area contributed by atoms with Gasteiger partial charge in [0.1, 0.15) is 5.82 Å². The fraction of sp³-hybridized carbons (Fsp3) is 0.333. The molecule has 5 heteroatoms. The van der Waals surface area contributed by atoms with Crippen molar-refractivity contribution in [3.05, 3.63) is 39.0 Å². The van der Waals surface area contributed by atoms with E-state index in [1.54, 1.807) is 7.11 Å². The van der Waals surface area contributed by atoms with Gasteiger partial charge in [-0.05, 0) is 59.5 Å². The van der Waals surface area contributed by atoms with Crippen LogP contribution in [0.25, 0.3) is 11.4 Å². The summed E-state index contributed by atoms with van der Waals surface area (Å²) < 4.78 is 5.85. The summed E-state index contributed by atoms with van der Waals surface area (Å²) in [5.74, 6) is 1.07. The number of anilines is 1. The van der Waals surface area contributed by atoms with Crippen LogP contribution in [0.2, 0.25) is 0 Å². The number of ether oxygens (including phenoxy) is 1. The van der Waals surface area contributed by atoms with Crippen LogP contribution in [0, 0.1) is 20.8 Å². The number of hydrogen-bond acceptors (Lipinski definition) is 4.